The van der Waals surface area contributed by atoms with Crippen LogP contribution in [0.2, 0.25) is 0 Å². The summed E-state index contributed by atoms with van der Waals surface area (Å²) in [5.74, 6) is -0.764. The number of benzene rings is 1. The number of aromatic nitrogens is 4. The first-order valence-electron chi connectivity index (χ1n) is 8.12. The minimum Gasteiger partial charge on any atom is -0.345 e. The van der Waals surface area contributed by atoms with E-state index in [1.165, 1.54) is 18.5 Å². The molecule has 4 rings (SSSR count). The molecule has 0 aliphatic carbocycles. The van der Waals surface area contributed by atoms with Crippen LogP contribution in [0.5, 0.6) is 0 Å². The Morgan fingerprint density at radius 2 is 2.04 bits per heavy atom. The maximum absolute atomic E-state index is 13.8. The van der Waals surface area contributed by atoms with Gasteiger partial charge in [-0.2, -0.15) is 5.10 Å². The maximum atomic E-state index is 13.8. The molecular weight excluding hydrogens is 342 g/mol. The number of carbonyl (C=O) groups is 1. The van der Waals surface area contributed by atoms with Gasteiger partial charge in [-0.05, 0) is 6.07 Å². The highest BCUT2D eigenvalue weighted by Gasteiger charge is 2.27. The van der Waals surface area contributed by atoms with Crippen molar-refractivity contribution >= 4 is 22.8 Å². The van der Waals surface area contributed by atoms with E-state index in [0.717, 1.165) is 11.5 Å². The lowest BCUT2D eigenvalue weighted by Gasteiger charge is -2.35. The lowest BCUT2D eigenvalue weighted by molar-refractivity contribution is -0.131. The van der Waals surface area contributed by atoms with Gasteiger partial charge >= 0.3 is 0 Å². The fourth-order valence-corrected chi connectivity index (χ4v) is 3.11. The van der Waals surface area contributed by atoms with Crippen molar-refractivity contribution < 1.29 is 13.6 Å². The number of nitrogens with zero attached hydrogens (tertiary/aromatic N) is 6. The van der Waals surface area contributed by atoms with E-state index < -0.39 is 11.6 Å². The lowest BCUT2D eigenvalue weighted by atomic mass is 10.1. The number of piperazine rings is 1. The molecule has 3 aromatic rings. The first kappa shape index (κ1) is 16.4. The lowest BCUT2D eigenvalue weighted by Crippen LogP contribution is -2.50. The van der Waals surface area contributed by atoms with Crippen LogP contribution in [-0.2, 0) is 18.4 Å². The Hall–Kier alpha value is -3.10. The highest BCUT2D eigenvalue weighted by atomic mass is 19.1. The summed E-state index contributed by atoms with van der Waals surface area (Å²) in [6, 6.07) is 3.39. The number of carbonyl (C=O) groups excluding carboxylic acids is 1. The van der Waals surface area contributed by atoms with Gasteiger partial charge < -0.3 is 9.80 Å². The molecule has 26 heavy (non-hydrogen) atoms. The van der Waals surface area contributed by atoms with Crippen molar-refractivity contribution in [1.82, 2.24) is 24.6 Å². The molecule has 2 aromatic heterocycles. The summed E-state index contributed by atoms with van der Waals surface area (Å²) in [6.45, 7) is 1.21. The normalized spacial score (nSPS) is 15.1. The largest absolute Gasteiger partial charge is 0.345 e. The summed E-state index contributed by atoms with van der Waals surface area (Å²) in [5.41, 5.74) is 0.989. The molecule has 1 aromatic carbocycles. The number of hydrogen-bond donors (Lipinski definition) is 0. The molecule has 1 amide bonds. The summed E-state index contributed by atoms with van der Waals surface area (Å²) in [5, 5.41) is 4.96. The summed E-state index contributed by atoms with van der Waals surface area (Å²) < 4.78 is 28.5. The molecule has 0 unspecified atom stereocenters. The highest BCUT2D eigenvalue weighted by molar-refractivity contribution is 5.90. The molecule has 9 heteroatoms. The second-order valence-corrected chi connectivity index (χ2v) is 6.18. The van der Waals surface area contributed by atoms with Gasteiger partial charge in [0.1, 0.15) is 23.8 Å². The molecule has 0 spiro atoms. The molecular formula is C17H16F2N6O. The monoisotopic (exact) mass is 358 g/mol. The van der Waals surface area contributed by atoms with Crippen molar-refractivity contribution in [3.05, 3.63) is 47.9 Å². The molecule has 1 aliphatic heterocycles. The van der Waals surface area contributed by atoms with Gasteiger partial charge in [-0.25, -0.2) is 18.7 Å². The Morgan fingerprint density at radius 1 is 1.19 bits per heavy atom. The van der Waals surface area contributed by atoms with E-state index in [1.54, 1.807) is 22.8 Å². The minimum atomic E-state index is -0.645. The summed E-state index contributed by atoms with van der Waals surface area (Å²) >= 11 is 0. The topological polar surface area (TPSA) is 67.2 Å². The molecule has 1 saturated heterocycles. The van der Waals surface area contributed by atoms with Gasteiger partial charge in [0.25, 0.3) is 0 Å². The Morgan fingerprint density at radius 3 is 2.81 bits per heavy atom. The van der Waals surface area contributed by atoms with Crippen molar-refractivity contribution in [2.75, 3.05) is 24.5 Å². The molecule has 0 atom stereocenters. The van der Waals surface area contributed by atoms with E-state index in [-0.39, 0.29) is 19.0 Å². The number of fused-ring (bicyclic) bond motifs is 1. The van der Waals surface area contributed by atoms with Crippen molar-refractivity contribution in [3.8, 4) is 0 Å². The van der Waals surface area contributed by atoms with Crippen LogP contribution >= 0.6 is 0 Å². The number of halogens is 2. The predicted octanol–water partition coefficient (Wildman–Crippen LogP) is 1.49. The number of rotatable bonds is 3. The van der Waals surface area contributed by atoms with Crippen LogP contribution in [0.4, 0.5) is 14.6 Å². The zero-order chi connectivity index (χ0) is 18.3. The molecule has 0 saturated carbocycles. The van der Waals surface area contributed by atoms with Crippen LogP contribution < -0.4 is 4.90 Å². The van der Waals surface area contributed by atoms with Crippen molar-refractivity contribution in [2.24, 2.45) is 7.05 Å². The highest BCUT2D eigenvalue weighted by Crippen LogP contribution is 2.24. The van der Waals surface area contributed by atoms with E-state index in [1.807, 2.05) is 4.90 Å². The molecule has 0 radical (unpaired) electrons. The Kier molecular flexibility index (Phi) is 3.98. The second kappa shape index (κ2) is 6.32. The van der Waals surface area contributed by atoms with E-state index in [0.29, 0.717) is 30.1 Å². The third-order valence-electron chi connectivity index (χ3n) is 4.50. The Labute approximate surface area is 147 Å². The molecule has 1 aliphatic rings. The first-order chi connectivity index (χ1) is 12.5. The second-order valence-electron chi connectivity index (χ2n) is 6.18. The van der Waals surface area contributed by atoms with Gasteiger partial charge in [-0.3, -0.25) is 9.48 Å². The zero-order valence-electron chi connectivity index (χ0n) is 14.1. The predicted molar refractivity (Wildman–Crippen MR) is 90.3 cm³/mol. The molecule has 7 nitrogen and oxygen atoms in total. The van der Waals surface area contributed by atoms with Crippen LogP contribution in [0.15, 0.2) is 30.7 Å². The Bertz CT molecular complexity index is 989. The standard InChI is InChI=1S/C17H16F2N6O/c1-23-16-13(7-22-23)17(21-10-20-16)25-5-4-24(15(26)9-25)8-11-2-3-12(18)6-14(11)19/h2-3,6-7,10H,4-5,8-9H2,1H3. The molecule has 0 N–H and O–H groups in total. The number of hydrogen-bond acceptors (Lipinski definition) is 5. The summed E-state index contributed by atoms with van der Waals surface area (Å²) in [6.07, 6.45) is 3.12. The van der Waals surface area contributed by atoms with Crippen LogP contribution in [0, 0.1) is 11.6 Å². The van der Waals surface area contributed by atoms with Gasteiger partial charge in [0.05, 0.1) is 18.1 Å². The molecule has 3 heterocycles. The fraction of sp³-hybridized carbons (Fsp3) is 0.294. The van der Waals surface area contributed by atoms with E-state index >= 15 is 0 Å². The van der Waals surface area contributed by atoms with E-state index in [2.05, 4.69) is 15.1 Å². The smallest absolute Gasteiger partial charge is 0.242 e. The molecule has 134 valence electrons. The van der Waals surface area contributed by atoms with E-state index in [4.69, 9.17) is 0 Å². The van der Waals surface area contributed by atoms with Gasteiger partial charge in [0.15, 0.2) is 5.65 Å². The van der Waals surface area contributed by atoms with Crippen LogP contribution in [0.1, 0.15) is 5.56 Å². The quantitative estimate of drug-likeness (QED) is 0.710. The fourth-order valence-electron chi connectivity index (χ4n) is 3.11. The van der Waals surface area contributed by atoms with E-state index in [9.17, 15) is 13.6 Å². The first-order valence-corrected chi connectivity index (χ1v) is 8.12. The third kappa shape index (κ3) is 2.85. The molecule has 0 bridgehead atoms. The van der Waals surface area contributed by atoms with Crippen LogP contribution in [-0.4, -0.2) is 50.2 Å². The maximum Gasteiger partial charge on any atom is 0.242 e. The summed E-state index contributed by atoms with van der Waals surface area (Å²) in [7, 11) is 1.79. The number of aryl methyl sites for hydroxylation is 1. The average Bonchev–Trinajstić information content (AvgIpc) is 3.00. The summed E-state index contributed by atoms with van der Waals surface area (Å²) in [4.78, 5) is 24.5. The Balaban J connectivity index is 1.52. The van der Waals surface area contributed by atoms with Crippen LogP contribution in [0.25, 0.3) is 11.0 Å². The number of anilines is 1. The zero-order valence-corrected chi connectivity index (χ0v) is 14.1. The van der Waals surface area contributed by atoms with Crippen molar-refractivity contribution in [1.29, 1.82) is 0 Å². The minimum absolute atomic E-state index is 0.116. The van der Waals surface area contributed by atoms with Gasteiger partial charge in [-0.1, -0.05) is 6.07 Å². The van der Waals surface area contributed by atoms with Crippen molar-refractivity contribution in [3.63, 3.8) is 0 Å². The number of amides is 1. The molecule has 1 fully saturated rings. The van der Waals surface area contributed by atoms with Gasteiger partial charge in [0.2, 0.25) is 5.91 Å². The SMILES string of the molecule is Cn1ncc2c(N3CCN(Cc4ccc(F)cc4F)C(=O)C3)ncnc21. The van der Waals surface area contributed by atoms with Gasteiger partial charge in [-0.15, -0.1) is 0 Å². The van der Waals surface area contributed by atoms with Crippen molar-refractivity contribution in [2.45, 2.75) is 6.54 Å². The third-order valence-corrected chi connectivity index (χ3v) is 4.50. The van der Waals surface area contributed by atoms with Gasteiger partial charge in [0, 0.05) is 38.3 Å². The van der Waals surface area contributed by atoms with Crippen LogP contribution in [0.3, 0.4) is 0 Å². The average molecular weight is 358 g/mol.